The molecule has 2 rings (SSSR count). The number of phenolic OH excluding ortho intramolecular Hbond substituents is 1. The second-order valence-electron chi connectivity index (χ2n) is 5.18. The molecule has 2 N–H and O–H groups in total. The summed E-state index contributed by atoms with van der Waals surface area (Å²) in [5, 5.41) is 12.6. The smallest absolute Gasteiger partial charge is 0.744 e. The molecule has 1 aliphatic carbocycles. The number of carbonyl (C=O) groups excluding carboxylic acids is 1. The molecule has 0 spiro atoms. The van der Waals surface area contributed by atoms with Crippen LogP contribution in [-0.4, -0.2) is 55.8 Å². The van der Waals surface area contributed by atoms with Crippen LogP contribution >= 0.6 is 0 Å². The van der Waals surface area contributed by atoms with Gasteiger partial charge in [0, 0.05) is 44.5 Å². The molecule has 15 heteroatoms. The van der Waals surface area contributed by atoms with E-state index in [-0.39, 0.29) is 109 Å². The minimum absolute atomic E-state index is 0. The van der Waals surface area contributed by atoms with E-state index in [1.807, 2.05) is 0 Å². The number of nitrogens with zero attached hydrogens (tertiary/aromatic N) is 1. The Hall–Kier alpha value is 0.0139. The molecule has 159 valence electrons. The number of phenols is 1. The van der Waals surface area contributed by atoms with Crippen LogP contribution < -0.4 is 64.4 Å². The molecule has 0 fully saturated rings. The van der Waals surface area contributed by atoms with Gasteiger partial charge in [0.1, 0.15) is 15.9 Å². The van der Waals surface area contributed by atoms with Gasteiger partial charge in [0.05, 0.1) is 10.7 Å². The molecule has 0 unspecified atom stereocenters. The second kappa shape index (κ2) is 19.3. The molecule has 0 heterocycles. The van der Waals surface area contributed by atoms with E-state index in [1.54, 1.807) is 24.8 Å². The molecule has 10 nitrogen and oxygen atoms in total. The van der Waals surface area contributed by atoms with E-state index >= 15 is 0 Å². The van der Waals surface area contributed by atoms with Crippen molar-refractivity contribution >= 4 is 32.7 Å². The molecule has 0 saturated carbocycles. The Bertz CT molecular complexity index is 1080. The number of carbonyl (C=O) groups is 1. The van der Waals surface area contributed by atoms with Crippen molar-refractivity contribution in [2.75, 3.05) is 13.1 Å². The number of nitrogens with one attached hydrogen (secondary N) is 1. The van der Waals surface area contributed by atoms with Crippen LogP contribution in [-0.2, 0) is 58.2 Å². The number of aromatic hydroxyl groups is 1. The van der Waals surface area contributed by atoms with Gasteiger partial charge in [0.15, 0.2) is 0 Å². The molecule has 1 radical (unpaired) electrons. The SMILES string of the molecule is O=C1C=C[C-]=CC1=CNC[CH-]CN=Cc1cc(S(=O)(=O)[O-])ccc1O.O=S(=O)=O.[Na+].[Na+].[Y]. The zero-order valence-corrected chi connectivity index (χ0v) is 25.7. The third kappa shape index (κ3) is 15.8. The van der Waals surface area contributed by atoms with Crippen molar-refractivity contribution < 1.29 is 127 Å². The fourth-order valence-electron chi connectivity index (χ4n) is 1.88. The number of hydrogen-bond acceptors (Lipinski definition) is 10. The molecule has 0 amide bonds. The summed E-state index contributed by atoms with van der Waals surface area (Å²) in [5.74, 6) is -0.279. The van der Waals surface area contributed by atoms with E-state index in [0.717, 1.165) is 18.2 Å². The Morgan fingerprint density at radius 1 is 1.25 bits per heavy atom. The van der Waals surface area contributed by atoms with Gasteiger partial charge in [0.25, 0.3) is 0 Å². The predicted octanol–water partition coefficient (Wildman–Crippen LogP) is -6.11. The van der Waals surface area contributed by atoms with Crippen molar-refractivity contribution in [3.05, 3.63) is 66.3 Å². The van der Waals surface area contributed by atoms with E-state index in [9.17, 15) is 22.9 Å². The molecule has 0 aromatic heterocycles. The van der Waals surface area contributed by atoms with E-state index in [2.05, 4.69) is 16.4 Å². The fourth-order valence-corrected chi connectivity index (χ4v) is 2.38. The molecule has 0 saturated heterocycles. The number of rotatable bonds is 7. The number of allylic oxidation sites excluding steroid dienone is 5. The molecular formula is C17H15N2Na2O8S2Y-. The zero-order chi connectivity index (χ0) is 21.9. The minimum atomic E-state index is -4.59. The van der Waals surface area contributed by atoms with E-state index in [4.69, 9.17) is 12.6 Å². The van der Waals surface area contributed by atoms with Crippen molar-refractivity contribution in [1.82, 2.24) is 5.32 Å². The summed E-state index contributed by atoms with van der Waals surface area (Å²) in [6, 6.07) is 3.23. The van der Waals surface area contributed by atoms with Gasteiger partial charge in [-0.2, -0.15) is 18.2 Å². The maximum atomic E-state index is 11.5. The first-order valence-electron chi connectivity index (χ1n) is 7.72. The van der Waals surface area contributed by atoms with E-state index in [1.165, 1.54) is 12.3 Å². The van der Waals surface area contributed by atoms with E-state index < -0.39 is 25.6 Å². The van der Waals surface area contributed by atoms with Crippen LogP contribution in [0.25, 0.3) is 0 Å². The average molecular weight is 574 g/mol. The van der Waals surface area contributed by atoms with Crippen molar-refractivity contribution in [3.8, 4) is 5.75 Å². The van der Waals surface area contributed by atoms with Crippen LogP contribution in [0.4, 0.5) is 0 Å². The van der Waals surface area contributed by atoms with Gasteiger partial charge in [-0.15, -0.1) is 25.2 Å². The third-order valence-electron chi connectivity index (χ3n) is 3.13. The number of ketones is 1. The van der Waals surface area contributed by atoms with Gasteiger partial charge in [-0.25, -0.2) is 8.42 Å². The van der Waals surface area contributed by atoms with Crippen LogP contribution in [0.5, 0.6) is 5.75 Å². The first-order valence-corrected chi connectivity index (χ1v) is 10.1. The topological polar surface area (TPSA) is 170 Å². The Morgan fingerprint density at radius 2 is 1.88 bits per heavy atom. The Balaban J connectivity index is -0.00000111. The summed E-state index contributed by atoms with van der Waals surface area (Å²) in [5.41, 5.74) is 0.639. The molecule has 1 aromatic rings. The molecule has 0 aliphatic heterocycles. The van der Waals surface area contributed by atoms with Crippen LogP contribution in [0, 0.1) is 12.5 Å². The third-order valence-corrected chi connectivity index (χ3v) is 3.96. The Labute approximate surface area is 257 Å². The molecular weight excluding hydrogens is 559 g/mol. The van der Waals surface area contributed by atoms with Crippen molar-refractivity contribution in [3.63, 3.8) is 0 Å². The second-order valence-corrected chi connectivity index (χ2v) is 6.97. The van der Waals surface area contributed by atoms with Gasteiger partial charge in [-0.1, -0.05) is 18.3 Å². The normalized spacial score (nSPS) is 13.3. The van der Waals surface area contributed by atoms with Gasteiger partial charge in [-0.05, 0) is 18.2 Å². The largest absolute Gasteiger partial charge is 1.00 e. The molecule has 32 heavy (non-hydrogen) atoms. The molecule has 1 aromatic carbocycles. The number of aliphatic imine (C=N–C) groups is 1. The standard InChI is InChI=1S/C17H16N2O5S.2Na.O3S.Y/c20-16-5-2-1-4-13(16)11-18-8-3-9-19-12-14-10-15(25(22,23)24)6-7-17(14)21;;;1-4(2)3;/h2-7,10-12,18,21H,8-9H2,(H,22,23,24);;;;/q-2;2*+1;;/p-1. The summed E-state index contributed by atoms with van der Waals surface area (Å²) in [7, 11) is -7.70. The zero-order valence-electron chi connectivity index (χ0n) is 17.3. The fraction of sp³-hybridized carbons (Fsp3) is 0.118. The number of benzene rings is 1. The first kappa shape index (κ1) is 36.6. The van der Waals surface area contributed by atoms with Crippen LogP contribution in [0.2, 0.25) is 0 Å². The van der Waals surface area contributed by atoms with Gasteiger partial charge in [-0.3, -0.25) is 6.42 Å². The van der Waals surface area contributed by atoms with E-state index in [0.29, 0.717) is 18.7 Å². The quantitative estimate of drug-likeness (QED) is 0.0804. The summed E-state index contributed by atoms with van der Waals surface area (Å²) in [6.45, 7) is 0.742. The Kier molecular flexibility index (Phi) is 22.1. The van der Waals surface area contributed by atoms with Crippen molar-refractivity contribution in [2.24, 2.45) is 4.99 Å². The van der Waals surface area contributed by atoms with Crippen LogP contribution in [0.1, 0.15) is 5.56 Å². The van der Waals surface area contributed by atoms with Crippen LogP contribution in [0.3, 0.4) is 0 Å². The molecule has 0 bridgehead atoms. The van der Waals surface area contributed by atoms with Gasteiger partial charge >= 0.3 is 69.7 Å². The summed E-state index contributed by atoms with van der Waals surface area (Å²) < 4.78 is 58.2. The van der Waals surface area contributed by atoms with Crippen LogP contribution in [0.15, 0.2) is 58.1 Å². The van der Waals surface area contributed by atoms with Crippen molar-refractivity contribution in [2.45, 2.75) is 4.90 Å². The monoisotopic (exact) mass is 574 g/mol. The summed E-state index contributed by atoms with van der Waals surface area (Å²) in [6.07, 6.45) is 12.0. The first-order chi connectivity index (χ1) is 13.6. The summed E-state index contributed by atoms with van der Waals surface area (Å²) >= 11 is 0. The number of hydrogen-bond donors (Lipinski definition) is 2. The summed E-state index contributed by atoms with van der Waals surface area (Å²) in [4.78, 5) is 15.1. The van der Waals surface area contributed by atoms with Gasteiger partial charge < -0.3 is 24.8 Å². The van der Waals surface area contributed by atoms with Crippen molar-refractivity contribution in [1.29, 1.82) is 0 Å². The Morgan fingerprint density at radius 3 is 2.44 bits per heavy atom. The average Bonchev–Trinajstić information content (AvgIpc) is 2.62. The maximum absolute atomic E-state index is 11.5. The maximum Gasteiger partial charge on any atom is 1.00 e. The van der Waals surface area contributed by atoms with Gasteiger partial charge in [0.2, 0.25) is 0 Å². The molecule has 1 aliphatic rings. The molecule has 0 atom stereocenters. The predicted molar refractivity (Wildman–Crippen MR) is 101 cm³/mol. The minimum Gasteiger partial charge on any atom is -0.744 e.